The topological polar surface area (TPSA) is 25.8 Å². The smallest absolute Gasteiger partial charge is 0.0972 e. The highest BCUT2D eigenvalue weighted by Gasteiger charge is 2.17. The molecule has 0 bridgehead atoms. The Hall–Kier alpha value is -3.26. The van der Waals surface area contributed by atoms with Crippen molar-refractivity contribution in [1.82, 2.24) is 9.97 Å². The minimum absolute atomic E-state index is 0.952. The molecule has 0 aliphatic heterocycles. The van der Waals surface area contributed by atoms with Crippen molar-refractivity contribution < 1.29 is 0 Å². The van der Waals surface area contributed by atoms with Crippen LogP contribution >= 0.6 is 0 Å². The fourth-order valence-corrected chi connectivity index (χ4v) is 5.14. The minimum Gasteiger partial charge on any atom is -0.252 e. The van der Waals surface area contributed by atoms with Gasteiger partial charge in [0.15, 0.2) is 0 Å². The Kier molecular flexibility index (Phi) is 8.36. The molecule has 0 aliphatic carbocycles. The maximum absolute atomic E-state index is 5.36. The second-order valence-corrected chi connectivity index (χ2v) is 10.4. The fraction of sp³-hybridized carbons (Fsp3) is 0.353. The highest BCUT2D eigenvalue weighted by Crippen LogP contribution is 2.34. The molecular formula is C34H40N2. The molecule has 0 unspecified atom stereocenters. The Morgan fingerprint density at radius 1 is 0.611 bits per heavy atom. The summed E-state index contributed by atoms with van der Waals surface area (Å²) < 4.78 is 0. The van der Waals surface area contributed by atoms with E-state index in [2.05, 4.69) is 96.1 Å². The van der Waals surface area contributed by atoms with Gasteiger partial charge in [-0.2, -0.15) is 0 Å². The predicted molar refractivity (Wildman–Crippen MR) is 155 cm³/mol. The average Bonchev–Trinajstić information content (AvgIpc) is 2.85. The van der Waals surface area contributed by atoms with Gasteiger partial charge >= 0.3 is 0 Å². The number of nitrogens with zero attached hydrogens (tertiary/aromatic N) is 2. The predicted octanol–water partition coefficient (Wildman–Crippen LogP) is 9.40. The van der Waals surface area contributed by atoms with E-state index < -0.39 is 0 Å². The SMILES string of the molecule is CCCCc1ccc(CCCC)c(-c2cnc(-c3cc(C)cc(C)c3)c(-c3cc(C)cc(C)c3)n2)c1. The van der Waals surface area contributed by atoms with Gasteiger partial charge in [0.25, 0.3) is 0 Å². The van der Waals surface area contributed by atoms with Crippen molar-refractivity contribution in [1.29, 1.82) is 0 Å². The summed E-state index contributed by atoms with van der Waals surface area (Å²) in [6.07, 6.45) is 8.94. The van der Waals surface area contributed by atoms with Gasteiger partial charge in [-0.05, 0) is 94.8 Å². The van der Waals surface area contributed by atoms with Gasteiger partial charge in [-0.25, -0.2) is 4.98 Å². The maximum Gasteiger partial charge on any atom is 0.0972 e. The zero-order chi connectivity index (χ0) is 25.7. The van der Waals surface area contributed by atoms with E-state index >= 15 is 0 Å². The Balaban J connectivity index is 1.93. The number of unbranched alkanes of at least 4 members (excludes halogenated alkanes) is 2. The molecule has 0 aliphatic rings. The molecule has 4 rings (SSSR count). The molecule has 2 nitrogen and oxygen atoms in total. The third kappa shape index (κ3) is 6.10. The van der Waals surface area contributed by atoms with E-state index in [9.17, 15) is 0 Å². The summed E-state index contributed by atoms with van der Waals surface area (Å²) in [5.74, 6) is 0. The highest BCUT2D eigenvalue weighted by molar-refractivity contribution is 5.81. The summed E-state index contributed by atoms with van der Waals surface area (Å²) in [6.45, 7) is 13.1. The normalized spacial score (nSPS) is 11.2. The Morgan fingerprint density at radius 3 is 1.75 bits per heavy atom. The van der Waals surface area contributed by atoms with Gasteiger partial charge in [-0.3, -0.25) is 4.98 Å². The summed E-state index contributed by atoms with van der Waals surface area (Å²) in [4.78, 5) is 10.5. The van der Waals surface area contributed by atoms with E-state index in [0.29, 0.717) is 0 Å². The highest BCUT2D eigenvalue weighted by atomic mass is 14.8. The molecule has 1 aromatic heterocycles. The Bertz CT molecular complexity index is 1310. The molecule has 4 aromatic rings. The van der Waals surface area contributed by atoms with E-state index in [1.807, 2.05) is 6.20 Å². The molecule has 0 radical (unpaired) electrons. The molecule has 0 fully saturated rings. The van der Waals surface area contributed by atoms with E-state index in [0.717, 1.165) is 41.1 Å². The number of benzene rings is 3. The molecule has 36 heavy (non-hydrogen) atoms. The molecule has 186 valence electrons. The largest absolute Gasteiger partial charge is 0.252 e. The van der Waals surface area contributed by atoms with Gasteiger partial charge in [0.1, 0.15) is 0 Å². The molecule has 0 saturated carbocycles. The van der Waals surface area contributed by atoms with Crippen LogP contribution in [-0.2, 0) is 12.8 Å². The van der Waals surface area contributed by atoms with Crippen LogP contribution in [0.1, 0.15) is 72.9 Å². The van der Waals surface area contributed by atoms with Gasteiger partial charge < -0.3 is 0 Å². The van der Waals surface area contributed by atoms with E-state index in [4.69, 9.17) is 9.97 Å². The Labute approximate surface area is 217 Å². The summed E-state index contributed by atoms with van der Waals surface area (Å²) in [5, 5.41) is 0. The lowest BCUT2D eigenvalue weighted by molar-refractivity contribution is 0.786. The molecule has 0 amide bonds. The third-order valence-corrected chi connectivity index (χ3v) is 6.83. The first kappa shape index (κ1) is 25.8. The first-order chi connectivity index (χ1) is 17.4. The van der Waals surface area contributed by atoms with Crippen molar-refractivity contribution in [2.75, 3.05) is 0 Å². The molecule has 0 atom stereocenters. The van der Waals surface area contributed by atoms with Crippen molar-refractivity contribution in [2.45, 2.75) is 80.1 Å². The summed E-state index contributed by atoms with van der Waals surface area (Å²) in [6, 6.07) is 20.4. The number of aryl methyl sites for hydroxylation is 6. The molecule has 1 heterocycles. The second kappa shape index (κ2) is 11.6. The lowest BCUT2D eigenvalue weighted by atomic mass is 9.94. The molecular weight excluding hydrogens is 436 g/mol. The number of hydrogen-bond donors (Lipinski definition) is 0. The lowest BCUT2D eigenvalue weighted by Crippen LogP contribution is -2.00. The maximum atomic E-state index is 5.36. The number of aromatic nitrogens is 2. The van der Waals surface area contributed by atoms with Gasteiger partial charge in [-0.1, -0.05) is 73.2 Å². The molecule has 0 spiro atoms. The van der Waals surface area contributed by atoms with Gasteiger partial charge in [0.05, 0.1) is 23.3 Å². The van der Waals surface area contributed by atoms with Crippen LogP contribution in [0.15, 0.2) is 60.8 Å². The minimum atomic E-state index is 0.952. The van der Waals surface area contributed by atoms with Crippen LogP contribution < -0.4 is 0 Å². The number of hydrogen-bond acceptors (Lipinski definition) is 2. The summed E-state index contributed by atoms with van der Waals surface area (Å²) >= 11 is 0. The van der Waals surface area contributed by atoms with Crippen molar-refractivity contribution in [3.05, 3.63) is 94.2 Å². The first-order valence-electron chi connectivity index (χ1n) is 13.5. The fourth-order valence-electron chi connectivity index (χ4n) is 5.14. The molecule has 0 saturated heterocycles. The van der Waals surface area contributed by atoms with E-state index in [1.165, 1.54) is 64.6 Å². The van der Waals surface area contributed by atoms with Crippen molar-refractivity contribution in [2.24, 2.45) is 0 Å². The van der Waals surface area contributed by atoms with Gasteiger partial charge in [0, 0.05) is 16.7 Å². The Morgan fingerprint density at radius 2 is 1.17 bits per heavy atom. The van der Waals surface area contributed by atoms with Gasteiger partial charge in [0.2, 0.25) is 0 Å². The van der Waals surface area contributed by atoms with Crippen LogP contribution in [0.25, 0.3) is 33.8 Å². The molecule has 2 heteroatoms. The van der Waals surface area contributed by atoms with Crippen molar-refractivity contribution in [3.8, 4) is 33.8 Å². The standard InChI is InChI=1S/C34H40N2/c1-7-9-11-27-13-14-28(12-10-8-2)31(21-27)32-22-35-33(29-17-23(3)15-24(4)18-29)34(36-32)30-19-25(5)16-26(6)20-30/h13-22H,7-12H2,1-6H3. The zero-order valence-corrected chi connectivity index (χ0v) is 22.9. The molecule has 3 aromatic carbocycles. The quantitative estimate of drug-likeness (QED) is 0.240. The summed E-state index contributed by atoms with van der Waals surface area (Å²) in [5.41, 5.74) is 14.1. The average molecular weight is 477 g/mol. The second-order valence-electron chi connectivity index (χ2n) is 10.4. The van der Waals surface area contributed by atoms with Crippen LogP contribution in [0.4, 0.5) is 0 Å². The van der Waals surface area contributed by atoms with E-state index in [1.54, 1.807) is 0 Å². The molecule has 0 N–H and O–H groups in total. The zero-order valence-electron chi connectivity index (χ0n) is 22.9. The van der Waals surface area contributed by atoms with Crippen LogP contribution in [0.5, 0.6) is 0 Å². The van der Waals surface area contributed by atoms with Crippen LogP contribution in [-0.4, -0.2) is 9.97 Å². The monoisotopic (exact) mass is 476 g/mol. The van der Waals surface area contributed by atoms with Crippen LogP contribution in [0, 0.1) is 27.7 Å². The third-order valence-electron chi connectivity index (χ3n) is 6.83. The summed E-state index contributed by atoms with van der Waals surface area (Å²) in [7, 11) is 0. The van der Waals surface area contributed by atoms with E-state index in [-0.39, 0.29) is 0 Å². The number of rotatable bonds is 9. The van der Waals surface area contributed by atoms with Gasteiger partial charge in [-0.15, -0.1) is 0 Å². The van der Waals surface area contributed by atoms with Crippen molar-refractivity contribution in [3.63, 3.8) is 0 Å². The first-order valence-corrected chi connectivity index (χ1v) is 13.5. The van der Waals surface area contributed by atoms with Crippen molar-refractivity contribution >= 4 is 0 Å². The van der Waals surface area contributed by atoms with Crippen LogP contribution in [0.2, 0.25) is 0 Å². The van der Waals surface area contributed by atoms with Crippen LogP contribution in [0.3, 0.4) is 0 Å². The lowest BCUT2D eigenvalue weighted by Gasteiger charge is -2.16.